The second-order valence-electron chi connectivity index (χ2n) is 3.94. The Labute approximate surface area is 120 Å². The van der Waals surface area contributed by atoms with Crippen LogP contribution >= 0.6 is 22.9 Å². The summed E-state index contributed by atoms with van der Waals surface area (Å²) in [7, 11) is 0. The lowest BCUT2D eigenvalue weighted by atomic mass is 10.2. The molecule has 1 atom stereocenters. The summed E-state index contributed by atoms with van der Waals surface area (Å²) in [5.74, 6) is -0.0996. The third-order valence-electron chi connectivity index (χ3n) is 2.55. The number of aromatic nitrogens is 1. The van der Waals surface area contributed by atoms with Gasteiger partial charge >= 0.3 is 0 Å². The highest BCUT2D eigenvalue weighted by molar-refractivity contribution is 7.13. The van der Waals surface area contributed by atoms with E-state index in [1.807, 2.05) is 24.4 Å². The van der Waals surface area contributed by atoms with Crippen LogP contribution in [0.15, 0.2) is 35.8 Å². The first-order valence-electron chi connectivity index (χ1n) is 5.91. The summed E-state index contributed by atoms with van der Waals surface area (Å²) in [4.78, 5) is 16.1. The van der Waals surface area contributed by atoms with E-state index < -0.39 is 0 Å². The third kappa shape index (κ3) is 3.94. The normalized spacial score (nSPS) is 11.9. The van der Waals surface area contributed by atoms with Crippen LogP contribution < -0.4 is 10.6 Å². The zero-order valence-electron chi connectivity index (χ0n) is 10.4. The average Bonchev–Trinajstić information content (AvgIpc) is 2.88. The Morgan fingerprint density at radius 2 is 2.37 bits per heavy atom. The first kappa shape index (κ1) is 13.8. The van der Waals surface area contributed by atoms with Gasteiger partial charge in [0.05, 0.1) is 0 Å². The maximum atomic E-state index is 12.1. The van der Waals surface area contributed by atoms with Crippen molar-refractivity contribution in [2.75, 3.05) is 10.6 Å². The Bertz CT molecular complexity index is 545. The molecule has 2 aromatic rings. The number of rotatable bonds is 5. The number of anilines is 2. The molecule has 0 aliphatic rings. The summed E-state index contributed by atoms with van der Waals surface area (Å²) < 4.78 is 0. The molecule has 0 radical (unpaired) electrons. The first-order valence-corrected chi connectivity index (χ1v) is 7.17. The Morgan fingerprint density at radius 3 is 3.00 bits per heavy atom. The predicted molar refractivity (Wildman–Crippen MR) is 79.9 cm³/mol. The van der Waals surface area contributed by atoms with Crippen LogP contribution in [0.1, 0.15) is 13.3 Å². The van der Waals surface area contributed by atoms with Crippen molar-refractivity contribution in [3.05, 3.63) is 40.9 Å². The molecule has 0 saturated heterocycles. The topological polar surface area (TPSA) is 54.0 Å². The van der Waals surface area contributed by atoms with Crippen LogP contribution in [0.25, 0.3) is 0 Å². The smallest absolute Gasteiger partial charge is 0.248 e. The first-order chi connectivity index (χ1) is 9.19. The van der Waals surface area contributed by atoms with Crippen LogP contribution in [0, 0.1) is 0 Å². The number of halogens is 1. The van der Waals surface area contributed by atoms with Gasteiger partial charge in [0.1, 0.15) is 6.04 Å². The number of thiazole rings is 1. The van der Waals surface area contributed by atoms with E-state index in [1.54, 1.807) is 18.3 Å². The van der Waals surface area contributed by atoms with Crippen molar-refractivity contribution < 1.29 is 4.79 Å². The van der Waals surface area contributed by atoms with Gasteiger partial charge in [-0.25, -0.2) is 4.98 Å². The maximum absolute atomic E-state index is 12.1. The standard InChI is InChI=1S/C13H14ClN3OS/c1-2-11(12(18)17-13-15-6-7-19-13)16-10-5-3-4-9(14)8-10/h3-8,11,16H,2H2,1H3,(H,15,17,18)/t11-/m0/s1. The molecule has 0 fully saturated rings. The molecule has 19 heavy (non-hydrogen) atoms. The van der Waals surface area contributed by atoms with Gasteiger partial charge in [-0.3, -0.25) is 4.79 Å². The Kier molecular flexibility index (Phi) is 4.76. The van der Waals surface area contributed by atoms with Crippen LogP contribution in [-0.4, -0.2) is 16.9 Å². The second kappa shape index (κ2) is 6.54. The molecule has 1 amide bonds. The van der Waals surface area contributed by atoms with Crippen LogP contribution in [0.3, 0.4) is 0 Å². The quantitative estimate of drug-likeness (QED) is 0.886. The van der Waals surface area contributed by atoms with Crippen LogP contribution in [0.2, 0.25) is 5.02 Å². The SMILES string of the molecule is CC[C@H](Nc1cccc(Cl)c1)C(=O)Nc1nccs1. The van der Waals surface area contributed by atoms with Crippen molar-refractivity contribution in [1.82, 2.24) is 4.98 Å². The Morgan fingerprint density at radius 1 is 1.53 bits per heavy atom. The van der Waals surface area contributed by atoms with Crippen molar-refractivity contribution in [3.8, 4) is 0 Å². The number of nitrogens with one attached hydrogen (secondary N) is 2. The van der Waals surface area contributed by atoms with Gasteiger partial charge in [0.25, 0.3) is 0 Å². The van der Waals surface area contributed by atoms with Crippen LogP contribution in [0.5, 0.6) is 0 Å². The minimum Gasteiger partial charge on any atom is -0.374 e. The Hall–Kier alpha value is -1.59. The second-order valence-corrected chi connectivity index (χ2v) is 5.27. The van der Waals surface area contributed by atoms with Gasteiger partial charge in [0.2, 0.25) is 5.91 Å². The van der Waals surface area contributed by atoms with E-state index in [0.717, 1.165) is 5.69 Å². The highest BCUT2D eigenvalue weighted by Gasteiger charge is 2.17. The van der Waals surface area contributed by atoms with E-state index in [-0.39, 0.29) is 11.9 Å². The predicted octanol–water partition coefficient (Wildman–Crippen LogP) is 3.63. The summed E-state index contributed by atoms with van der Waals surface area (Å²) in [5.41, 5.74) is 0.827. The van der Waals surface area contributed by atoms with Crippen molar-refractivity contribution in [3.63, 3.8) is 0 Å². The molecule has 6 heteroatoms. The minimum atomic E-state index is -0.317. The molecular formula is C13H14ClN3OS. The maximum Gasteiger partial charge on any atom is 0.248 e. The Balaban J connectivity index is 2.01. The lowest BCUT2D eigenvalue weighted by Crippen LogP contribution is -2.34. The summed E-state index contributed by atoms with van der Waals surface area (Å²) in [5, 5.41) is 9.01. The van der Waals surface area contributed by atoms with Crippen LogP contribution in [-0.2, 0) is 4.79 Å². The summed E-state index contributed by atoms with van der Waals surface area (Å²) in [6.07, 6.45) is 2.33. The van der Waals surface area contributed by atoms with Gasteiger partial charge in [-0.05, 0) is 24.6 Å². The molecule has 0 aliphatic heterocycles. The molecular weight excluding hydrogens is 282 g/mol. The molecule has 0 spiro atoms. The summed E-state index contributed by atoms with van der Waals surface area (Å²) in [6, 6.07) is 6.99. The summed E-state index contributed by atoms with van der Waals surface area (Å²) >= 11 is 7.31. The lowest BCUT2D eigenvalue weighted by molar-refractivity contribution is -0.116. The van der Waals surface area contributed by atoms with Crippen molar-refractivity contribution in [2.24, 2.45) is 0 Å². The molecule has 0 unspecified atom stereocenters. The van der Waals surface area contributed by atoms with Gasteiger partial charge < -0.3 is 10.6 Å². The fraction of sp³-hybridized carbons (Fsp3) is 0.231. The van der Waals surface area contributed by atoms with Crippen molar-refractivity contribution in [2.45, 2.75) is 19.4 Å². The number of hydrogen-bond donors (Lipinski definition) is 2. The number of hydrogen-bond acceptors (Lipinski definition) is 4. The van der Waals surface area contributed by atoms with Gasteiger partial charge in [0, 0.05) is 22.3 Å². The van der Waals surface area contributed by atoms with Crippen molar-refractivity contribution >= 4 is 39.7 Å². The van der Waals surface area contributed by atoms with E-state index in [9.17, 15) is 4.79 Å². The average molecular weight is 296 g/mol. The van der Waals surface area contributed by atoms with Gasteiger partial charge in [0.15, 0.2) is 5.13 Å². The molecule has 0 bridgehead atoms. The van der Waals surface area contributed by atoms with E-state index in [1.165, 1.54) is 11.3 Å². The molecule has 1 heterocycles. The molecule has 2 rings (SSSR count). The molecule has 100 valence electrons. The van der Waals surface area contributed by atoms with Gasteiger partial charge in [-0.2, -0.15) is 0 Å². The molecule has 1 aromatic heterocycles. The number of carbonyl (C=O) groups excluding carboxylic acids is 1. The fourth-order valence-corrected chi connectivity index (χ4v) is 2.33. The van der Waals surface area contributed by atoms with E-state index in [0.29, 0.717) is 16.6 Å². The minimum absolute atomic E-state index is 0.0996. The van der Waals surface area contributed by atoms with E-state index in [2.05, 4.69) is 15.6 Å². The number of nitrogens with zero attached hydrogens (tertiary/aromatic N) is 1. The monoisotopic (exact) mass is 295 g/mol. The van der Waals surface area contributed by atoms with Crippen molar-refractivity contribution in [1.29, 1.82) is 0 Å². The van der Waals surface area contributed by atoms with E-state index in [4.69, 9.17) is 11.6 Å². The molecule has 4 nitrogen and oxygen atoms in total. The number of carbonyl (C=O) groups is 1. The highest BCUT2D eigenvalue weighted by Crippen LogP contribution is 2.17. The number of amides is 1. The van der Waals surface area contributed by atoms with Crippen LogP contribution in [0.4, 0.5) is 10.8 Å². The van der Waals surface area contributed by atoms with Gasteiger partial charge in [-0.15, -0.1) is 11.3 Å². The number of benzene rings is 1. The largest absolute Gasteiger partial charge is 0.374 e. The van der Waals surface area contributed by atoms with Gasteiger partial charge in [-0.1, -0.05) is 24.6 Å². The molecule has 2 N–H and O–H groups in total. The zero-order valence-corrected chi connectivity index (χ0v) is 12.0. The fourth-order valence-electron chi connectivity index (χ4n) is 1.61. The lowest BCUT2D eigenvalue weighted by Gasteiger charge is -2.17. The molecule has 1 aromatic carbocycles. The molecule has 0 aliphatic carbocycles. The third-order valence-corrected chi connectivity index (χ3v) is 3.48. The molecule has 0 saturated carbocycles. The highest BCUT2D eigenvalue weighted by atomic mass is 35.5. The zero-order chi connectivity index (χ0) is 13.7. The summed E-state index contributed by atoms with van der Waals surface area (Å²) in [6.45, 7) is 1.95. The van der Waals surface area contributed by atoms with E-state index >= 15 is 0 Å².